The zero-order valence-electron chi connectivity index (χ0n) is 11.4. The average Bonchev–Trinajstić information content (AvgIpc) is 2.21. The third-order valence-corrected chi connectivity index (χ3v) is 3.37. The first-order chi connectivity index (χ1) is 8.31. The van der Waals surface area contributed by atoms with E-state index in [1.165, 1.54) is 0 Å². The van der Waals surface area contributed by atoms with E-state index in [4.69, 9.17) is 5.73 Å². The molecular formula is C14H21BrN2O. The molecule has 1 aromatic rings. The number of carbonyl (C=O) groups excluding carboxylic acids is 1. The Labute approximate surface area is 117 Å². The summed E-state index contributed by atoms with van der Waals surface area (Å²) in [6, 6.07) is 3.56. The molecule has 3 N–H and O–H groups in total. The van der Waals surface area contributed by atoms with Crippen molar-refractivity contribution in [3.63, 3.8) is 0 Å². The lowest BCUT2D eigenvalue weighted by atomic mass is 10.0. The van der Waals surface area contributed by atoms with Crippen LogP contribution in [-0.2, 0) is 4.79 Å². The zero-order valence-corrected chi connectivity index (χ0v) is 13.0. The topological polar surface area (TPSA) is 55.1 Å². The van der Waals surface area contributed by atoms with Gasteiger partial charge in [0.2, 0.25) is 5.91 Å². The number of carbonyl (C=O) groups is 1. The van der Waals surface area contributed by atoms with Crippen molar-refractivity contribution in [1.29, 1.82) is 0 Å². The summed E-state index contributed by atoms with van der Waals surface area (Å²) in [5.41, 5.74) is 8.87. The lowest BCUT2D eigenvalue weighted by molar-refractivity contribution is -0.117. The van der Waals surface area contributed by atoms with Crippen LogP contribution in [0.5, 0.6) is 0 Å². The van der Waals surface area contributed by atoms with Crippen LogP contribution in [0.2, 0.25) is 0 Å². The predicted molar refractivity (Wildman–Crippen MR) is 79.7 cm³/mol. The highest BCUT2D eigenvalue weighted by atomic mass is 79.9. The average molecular weight is 313 g/mol. The number of nitrogens with two attached hydrogens (primary N) is 1. The van der Waals surface area contributed by atoms with Crippen molar-refractivity contribution in [2.75, 3.05) is 5.32 Å². The first kappa shape index (κ1) is 15.2. The van der Waals surface area contributed by atoms with Crippen LogP contribution in [0.15, 0.2) is 16.6 Å². The number of benzene rings is 1. The lowest BCUT2D eigenvalue weighted by Crippen LogP contribution is -2.36. The molecule has 0 bridgehead atoms. The van der Waals surface area contributed by atoms with E-state index in [1.807, 2.05) is 26.0 Å². The van der Waals surface area contributed by atoms with Gasteiger partial charge in [0.25, 0.3) is 0 Å². The van der Waals surface area contributed by atoms with Crippen LogP contribution in [0.4, 0.5) is 5.69 Å². The third-order valence-electron chi connectivity index (χ3n) is 2.74. The summed E-state index contributed by atoms with van der Waals surface area (Å²) in [5, 5.41) is 2.90. The molecule has 3 nitrogen and oxygen atoms in total. The highest BCUT2D eigenvalue weighted by Crippen LogP contribution is 2.27. The summed E-state index contributed by atoms with van der Waals surface area (Å²) < 4.78 is 0.894. The second-order valence-electron chi connectivity index (χ2n) is 5.16. The van der Waals surface area contributed by atoms with E-state index in [1.54, 1.807) is 0 Å². The third kappa shape index (κ3) is 4.10. The van der Waals surface area contributed by atoms with Gasteiger partial charge in [-0.2, -0.15) is 0 Å². The molecule has 1 aromatic carbocycles. The van der Waals surface area contributed by atoms with Gasteiger partial charge in [-0.3, -0.25) is 4.79 Å². The Kier molecular flexibility index (Phi) is 5.35. The number of nitrogens with one attached hydrogen (secondary N) is 1. The summed E-state index contributed by atoms with van der Waals surface area (Å²) in [4.78, 5) is 12.0. The molecule has 0 aliphatic heterocycles. The zero-order chi connectivity index (χ0) is 13.9. The Balaban J connectivity index is 2.82. The van der Waals surface area contributed by atoms with Crippen molar-refractivity contribution in [2.45, 2.75) is 40.2 Å². The molecule has 0 saturated carbocycles. The van der Waals surface area contributed by atoms with Crippen molar-refractivity contribution < 1.29 is 4.79 Å². The van der Waals surface area contributed by atoms with Crippen molar-refractivity contribution in [3.8, 4) is 0 Å². The van der Waals surface area contributed by atoms with Crippen LogP contribution >= 0.6 is 15.9 Å². The Morgan fingerprint density at radius 1 is 1.39 bits per heavy atom. The van der Waals surface area contributed by atoms with Crippen molar-refractivity contribution in [1.82, 2.24) is 0 Å². The molecule has 0 unspecified atom stereocenters. The molecule has 0 aromatic heterocycles. The second kappa shape index (κ2) is 6.34. The fraction of sp³-hybridized carbons (Fsp3) is 0.500. The lowest BCUT2D eigenvalue weighted by Gasteiger charge is -2.16. The van der Waals surface area contributed by atoms with Gasteiger partial charge in [-0.05, 0) is 59.3 Å². The van der Waals surface area contributed by atoms with E-state index in [0.717, 1.165) is 21.3 Å². The van der Waals surface area contributed by atoms with Gasteiger partial charge in [0.05, 0.1) is 11.7 Å². The van der Waals surface area contributed by atoms with Gasteiger partial charge >= 0.3 is 0 Å². The van der Waals surface area contributed by atoms with E-state index in [2.05, 4.69) is 35.1 Å². The SMILES string of the molecule is Cc1cc(C)c(NC(=O)[C@H](N)CC(C)C)c(Br)c1. The van der Waals surface area contributed by atoms with E-state index < -0.39 is 6.04 Å². The van der Waals surface area contributed by atoms with Gasteiger partial charge in [0.1, 0.15) is 0 Å². The van der Waals surface area contributed by atoms with Crippen molar-refractivity contribution >= 4 is 27.5 Å². The molecule has 0 aliphatic rings. The maximum atomic E-state index is 12.0. The van der Waals surface area contributed by atoms with E-state index >= 15 is 0 Å². The summed E-state index contributed by atoms with van der Waals surface area (Å²) in [6.45, 7) is 8.11. The number of amides is 1. The Bertz CT molecular complexity index is 420. The number of anilines is 1. The molecule has 1 atom stereocenters. The number of hydrogen-bond donors (Lipinski definition) is 2. The minimum Gasteiger partial charge on any atom is -0.323 e. The molecule has 0 spiro atoms. The normalized spacial score (nSPS) is 12.6. The van der Waals surface area contributed by atoms with Gasteiger partial charge in [0.15, 0.2) is 0 Å². The highest BCUT2D eigenvalue weighted by Gasteiger charge is 2.17. The Hall–Kier alpha value is -0.870. The maximum absolute atomic E-state index is 12.0. The second-order valence-corrected chi connectivity index (χ2v) is 6.02. The van der Waals surface area contributed by atoms with Crippen LogP contribution in [0.25, 0.3) is 0 Å². The van der Waals surface area contributed by atoms with Gasteiger partial charge in [-0.25, -0.2) is 0 Å². The quantitative estimate of drug-likeness (QED) is 0.895. The number of aryl methyl sites for hydroxylation is 2. The van der Waals surface area contributed by atoms with Crippen LogP contribution < -0.4 is 11.1 Å². The molecule has 0 fully saturated rings. The van der Waals surface area contributed by atoms with Crippen LogP contribution in [0.3, 0.4) is 0 Å². The highest BCUT2D eigenvalue weighted by molar-refractivity contribution is 9.10. The van der Waals surface area contributed by atoms with E-state index in [9.17, 15) is 4.79 Å². The molecule has 0 saturated heterocycles. The Morgan fingerprint density at radius 2 is 2.00 bits per heavy atom. The summed E-state index contributed by atoms with van der Waals surface area (Å²) in [6.07, 6.45) is 0.689. The standard InChI is InChI=1S/C14H21BrN2O/c1-8(2)5-12(16)14(18)17-13-10(4)6-9(3)7-11(13)15/h6-8,12H,5,16H2,1-4H3,(H,17,18)/t12-/m1/s1. The van der Waals surface area contributed by atoms with Gasteiger partial charge in [0, 0.05) is 4.47 Å². The van der Waals surface area contributed by atoms with Crippen molar-refractivity contribution in [3.05, 3.63) is 27.7 Å². The first-order valence-electron chi connectivity index (χ1n) is 6.14. The van der Waals surface area contributed by atoms with Crippen molar-refractivity contribution in [2.24, 2.45) is 11.7 Å². The summed E-state index contributed by atoms with van der Waals surface area (Å²) >= 11 is 3.47. The Morgan fingerprint density at radius 3 is 2.50 bits per heavy atom. The fourth-order valence-electron chi connectivity index (χ4n) is 1.90. The molecule has 1 rings (SSSR count). The smallest absolute Gasteiger partial charge is 0.241 e. The molecular weight excluding hydrogens is 292 g/mol. The first-order valence-corrected chi connectivity index (χ1v) is 6.93. The molecule has 1 amide bonds. The molecule has 0 aliphatic carbocycles. The molecule has 18 heavy (non-hydrogen) atoms. The van der Waals surface area contributed by atoms with Crippen LogP contribution in [0.1, 0.15) is 31.4 Å². The van der Waals surface area contributed by atoms with E-state index in [-0.39, 0.29) is 5.91 Å². The minimum atomic E-state index is -0.461. The minimum absolute atomic E-state index is 0.128. The van der Waals surface area contributed by atoms with Crippen LogP contribution in [-0.4, -0.2) is 11.9 Å². The number of rotatable bonds is 4. The summed E-state index contributed by atoms with van der Waals surface area (Å²) in [5.74, 6) is 0.282. The molecule has 0 radical (unpaired) electrons. The van der Waals surface area contributed by atoms with E-state index in [0.29, 0.717) is 12.3 Å². The van der Waals surface area contributed by atoms with Gasteiger partial charge in [-0.1, -0.05) is 19.9 Å². The fourth-order valence-corrected chi connectivity index (χ4v) is 2.68. The maximum Gasteiger partial charge on any atom is 0.241 e. The predicted octanol–water partition coefficient (Wildman–Crippen LogP) is 3.38. The largest absolute Gasteiger partial charge is 0.323 e. The van der Waals surface area contributed by atoms with Crippen LogP contribution in [0, 0.1) is 19.8 Å². The number of hydrogen-bond acceptors (Lipinski definition) is 2. The number of halogens is 1. The van der Waals surface area contributed by atoms with Gasteiger partial charge < -0.3 is 11.1 Å². The molecule has 100 valence electrons. The van der Waals surface area contributed by atoms with Gasteiger partial charge in [-0.15, -0.1) is 0 Å². The summed E-state index contributed by atoms with van der Waals surface area (Å²) in [7, 11) is 0. The monoisotopic (exact) mass is 312 g/mol. The molecule has 0 heterocycles. The molecule has 4 heteroatoms.